The van der Waals surface area contributed by atoms with Gasteiger partial charge in [-0.15, -0.1) is 0 Å². The molecule has 110 valence electrons. The van der Waals surface area contributed by atoms with Crippen LogP contribution in [0.1, 0.15) is 47.0 Å². The zero-order valence-electron chi connectivity index (χ0n) is 12.5. The molecule has 0 aromatic carbocycles. The number of hydrogen-bond donors (Lipinski definition) is 2. The molecule has 0 aliphatic carbocycles. The van der Waals surface area contributed by atoms with E-state index in [0.717, 1.165) is 25.8 Å². The van der Waals surface area contributed by atoms with Gasteiger partial charge in [0.05, 0.1) is 5.41 Å². The van der Waals surface area contributed by atoms with Crippen LogP contribution in [0.4, 0.5) is 0 Å². The lowest BCUT2D eigenvalue weighted by Gasteiger charge is -2.40. The molecule has 1 saturated heterocycles. The number of carboxylic acids is 1. The van der Waals surface area contributed by atoms with Crippen LogP contribution >= 0.6 is 0 Å². The minimum Gasteiger partial charge on any atom is -0.480 e. The summed E-state index contributed by atoms with van der Waals surface area (Å²) in [5, 5.41) is 12.6. The minimum atomic E-state index is -1.16. The quantitative estimate of drug-likeness (QED) is 0.767. The van der Waals surface area contributed by atoms with Gasteiger partial charge in [0, 0.05) is 13.1 Å². The van der Waals surface area contributed by atoms with E-state index in [9.17, 15) is 14.7 Å². The number of rotatable bonds is 6. The first kappa shape index (κ1) is 16.0. The predicted molar refractivity (Wildman–Crippen MR) is 73.9 cm³/mol. The Morgan fingerprint density at radius 3 is 2.37 bits per heavy atom. The number of carbonyl (C=O) groups excluding carboxylic acids is 1. The topological polar surface area (TPSA) is 69.6 Å². The maximum absolute atomic E-state index is 12.9. The number of likely N-dealkylation sites (N-methyl/N-ethyl adjacent to an activating group) is 1. The van der Waals surface area contributed by atoms with E-state index in [0.29, 0.717) is 13.1 Å². The Hall–Kier alpha value is -1.10. The summed E-state index contributed by atoms with van der Waals surface area (Å²) in [4.78, 5) is 25.8. The molecule has 0 aromatic rings. The maximum atomic E-state index is 12.9. The smallest absolute Gasteiger partial charge is 0.329 e. The largest absolute Gasteiger partial charge is 0.480 e. The average molecular weight is 270 g/mol. The predicted octanol–water partition coefficient (Wildman–Crippen LogP) is 1.48. The van der Waals surface area contributed by atoms with Crippen molar-refractivity contribution in [2.45, 2.75) is 52.5 Å². The van der Waals surface area contributed by atoms with E-state index in [2.05, 4.69) is 12.2 Å². The third kappa shape index (κ3) is 2.91. The highest BCUT2D eigenvalue weighted by atomic mass is 16.4. The zero-order valence-corrected chi connectivity index (χ0v) is 12.5. The fourth-order valence-corrected chi connectivity index (χ4v) is 2.92. The molecule has 19 heavy (non-hydrogen) atoms. The van der Waals surface area contributed by atoms with Crippen molar-refractivity contribution in [2.24, 2.45) is 5.41 Å². The molecule has 2 N–H and O–H groups in total. The first-order valence-electron chi connectivity index (χ1n) is 7.08. The molecule has 0 radical (unpaired) electrons. The Morgan fingerprint density at radius 2 is 2.00 bits per heavy atom. The monoisotopic (exact) mass is 270 g/mol. The zero-order chi connectivity index (χ0) is 14.7. The van der Waals surface area contributed by atoms with E-state index in [1.54, 1.807) is 13.8 Å². The molecule has 5 nitrogen and oxygen atoms in total. The van der Waals surface area contributed by atoms with Crippen LogP contribution in [0.2, 0.25) is 0 Å². The van der Waals surface area contributed by atoms with E-state index < -0.39 is 16.9 Å². The third-order valence-corrected chi connectivity index (χ3v) is 4.19. The van der Waals surface area contributed by atoms with E-state index in [1.807, 2.05) is 6.92 Å². The highest BCUT2D eigenvalue weighted by Crippen LogP contribution is 2.35. The first-order valence-corrected chi connectivity index (χ1v) is 7.08. The normalized spacial score (nSPS) is 23.4. The lowest BCUT2D eigenvalue weighted by atomic mass is 9.80. The first-order chi connectivity index (χ1) is 8.81. The van der Waals surface area contributed by atoms with Crippen molar-refractivity contribution in [3.05, 3.63) is 0 Å². The van der Waals surface area contributed by atoms with Crippen LogP contribution in [-0.2, 0) is 9.59 Å². The van der Waals surface area contributed by atoms with Crippen molar-refractivity contribution < 1.29 is 14.7 Å². The number of nitrogens with one attached hydrogen (secondary N) is 1. The molecule has 1 aliphatic rings. The Bertz CT molecular complexity index is 347. The van der Waals surface area contributed by atoms with E-state index in [-0.39, 0.29) is 5.91 Å². The van der Waals surface area contributed by atoms with Gasteiger partial charge in [0.1, 0.15) is 5.54 Å². The second kappa shape index (κ2) is 5.90. The number of carboxylic acid groups (broad SMARTS) is 1. The molecular weight excluding hydrogens is 244 g/mol. The molecule has 1 atom stereocenters. The van der Waals surface area contributed by atoms with Crippen LogP contribution in [0.25, 0.3) is 0 Å². The van der Waals surface area contributed by atoms with Crippen LogP contribution in [0.3, 0.4) is 0 Å². The number of hydrogen-bond acceptors (Lipinski definition) is 3. The van der Waals surface area contributed by atoms with Gasteiger partial charge >= 0.3 is 5.97 Å². The van der Waals surface area contributed by atoms with Gasteiger partial charge in [-0.3, -0.25) is 4.79 Å². The van der Waals surface area contributed by atoms with E-state index >= 15 is 0 Å². The van der Waals surface area contributed by atoms with Crippen molar-refractivity contribution >= 4 is 11.9 Å². The molecule has 1 fully saturated rings. The molecule has 5 heteroatoms. The standard InChI is InChI=1S/C14H26N2O3/c1-5-7-14(8-9-15-10-14)11(17)16(6-2)13(3,4)12(18)19/h15H,5-10H2,1-4H3,(H,18,19). The Labute approximate surface area is 115 Å². The second-order valence-corrected chi connectivity index (χ2v) is 5.87. The molecule has 1 amide bonds. The maximum Gasteiger partial charge on any atom is 0.329 e. The summed E-state index contributed by atoms with van der Waals surface area (Å²) in [5.41, 5.74) is -1.58. The average Bonchev–Trinajstić information content (AvgIpc) is 2.79. The van der Waals surface area contributed by atoms with Crippen molar-refractivity contribution in [1.82, 2.24) is 10.2 Å². The highest BCUT2D eigenvalue weighted by molar-refractivity contribution is 5.90. The van der Waals surface area contributed by atoms with Gasteiger partial charge < -0.3 is 15.3 Å². The van der Waals surface area contributed by atoms with Crippen molar-refractivity contribution in [3.8, 4) is 0 Å². The van der Waals surface area contributed by atoms with Gasteiger partial charge in [-0.2, -0.15) is 0 Å². The Balaban J connectivity index is 3.03. The van der Waals surface area contributed by atoms with Gasteiger partial charge in [0.2, 0.25) is 5.91 Å². The fourth-order valence-electron chi connectivity index (χ4n) is 2.92. The van der Waals surface area contributed by atoms with Crippen LogP contribution in [0, 0.1) is 5.41 Å². The van der Waals surface area contributed by atoms with E-state index in [4.69, 9.17) is 0 Å². The summed E-state index contributed by atoms with van der Waals surface area (Å²) in [6.07, 6.45) is 2.54. The summed E-state index contributed by atoms with van der Waals surface area (Å²) >= 11 is 0. The number of aliphatic carboxylic acids is 1. The molecule has 0 spiro atoms. The molecule has 1 unspecified atom stereocenters. The van der Waals surface area contributed by atoms with Crippen LogP contribution in [0.15, 0.2) is 0 Å². The van der Waals surface area contributed by atoms with Crippen LogP contribution in [-0.4, -0.2) is 47.1 Å². The molecule has 0 bridgehead atoms. The van der Waals surface area contributed by atoms with Gasteiger partial charge in [-0.05, 0) is 40.2 Å². The Morgan fingerprint density at radius 1 is 1.37 bits per heavy atom. The lowest BCUT2D eigenvalue weighted by molar-refractivity contribution is -0.161. The third-order valence-electron chi connectivity index (χ3n) is 4.19. The van der Waals surface area contributed by atoms with Crippen molar-refractivity contribution in [3.63, 3.8) is 0 Å². The molecular formula is C14H26N2O3. The lowest BCUT2D eigenvalue weighted by Crippen LogP contribution is -2.57. The summed E-state index contributed by atoms with van der Waals surface area (Å²) in [7, 11) is 0. The van der Waals surface area contributed by atoms with Crippen molar-refractivity contribution in [1.29, 1.82) is 0 Å². The Kier molecular flexibility index (Phi) is 4.96. The molecule has 0 aromatic heterocycles. The molecule has 0 saturated carbocycles. The number of amides is 1. The second-order valence-electron chi connectivity index (χ2n) is 5.87. The minimum absolute atomic E-state index is 0.0192. The van der Waals surface area contributed by atoms with Gasteiger partial charge in [0.25, 0.3) is 0 Å². The molecule has 1 aliphatic heterocycles. The molecule has 1 heterocycles. The summed E-state index contributed by atoms with van der Waals surface area (Å²) in [6.45, 7) is 9.00. The van der Waals surface area contributed by atoms with E-state index in [1.165, 1.54) is 4.90 Å². The van der Waals surface area contributed by atoms with Gasteiger partial charge in [-0.25, -0.2) is 4.79 Å². The van der Waals surface area contributed by atoms with Gasteiger partial charge in [0.15, 0.2) is 0 Å². The number of nitrogens with zero attached hydrogens (tertiary/aromatic N) is 1. The fraction of sp³-hybridized carbons (Fsp3) is 0.857. The number of carbonyl (C=O) groups is 2. The summed E-state index contributed by atoms with van der Waals surface area (Å²) in [5.74, 6) is -0.977. The van der Waals surface area contributed by atoms with Gasteiger partial charge in [-0.1, -0.05) is 13.3 Å². The SMILES string of the molecule is CCCC1(C(=O)N(CC)C(C)(C)C(=O)O)CCNC1. The molecule has 1 rings (SSSR count). The van der Waals surface area contributed by atoms with Crippen molar-refractivity contribution in [2.75, 3.05) is 19.6 Å². The van der Waals surface area contributed by atoms with Crippen LogP contribution < -0.4 is 5.32 Å². The summed E-state index contributed by atoms with van der Waals surface area (Å²) in [6, 6.07) is 0. The highest BCUT2D eigenvalue weighted by Gasteiger charge is 2.47. The van der Waals surface area contributed by atoms with Crippen LogP contribution in [0.5, 0.6) is 0 Å². The summed E-state index contributed by atoms with van der Waals surface area (Å²) < 4.78 is 0.